The lowest BCUT2D eigenvalue weighted by atomic mass is 10.0. The summed E-state index contributed by atoms with van der Waals surface area (Å²) in [6, 6.07) is 14.3. The number of benzene rings is 2. The molecule has 2 aromatic carbocycles. The predicted molar refractivity (Wildman–Crippen MR) is 93.3 cm³/mol. The Bertz CT molecular complexity index is 607. The van der Waals surface area contributed by atoms with Gasteiger partial charge in [-0.25, -0.2) is 0 Å². The van der Waals surface area contributed by atoms with Gasteiger partial charge in [-0.15, -0.1) is 0 Å². The molecule has 0 amide bonds. The van der Waals surface area contributed by atoms with E-state index in [1.165, 1.54) is 9.13 Å². The maximum absolute atomic E-state index is 6.25. The standard InChI is InChI=1S/C17H16ClIO2/c18-17-6-3-14(19)10-13(17)9-12-1-4-15(5-2-12)21-16-7-8-20-11-16/h1-6,10,16H,7-9,11H2/t16-/m1/s1. The summed E-state index contributed by atoms with van der Waals surface area (Å²) in [5, 5.41) is 0.818. The van der Waals surface area contributed by atoms with E-state index in [-0.39, 0.29) is 6.10 Å². The fraction of sp³-hybridized carbons (Fsp3) is 0.294. The van der Waals surface area contributed by atoms with Crippen LogP contribution in [0.4, 0.5) is 0 Å². The second-order valence-corrected chi connectivity index (χ2v) is 6.81. The lowest BCUT2D eigenvalue weighted by Crippen LogP contribution is -2.15. The van der Waals surface area contributed by atoms with Crippen LogP contribution in [0.15, 0.2) is 42.5 Å². The fourth-order valence-corrected chi connectivity index (χ4v) is 3.12. The number of hydrogen-bond donors (Lipinski definition) is 0. The van der Waals surface area contributed by atoms with E-state index < -0.39 is 0 Å². The van der Waals surface area contributed by atoms with E-state index in [1.807, 2.05) is 24.3 Å². The Morgan fingerprint density at radius 3 is 2.71 bits per heavy atom. The lowest BCUT2D eigenvalue weighted by molar-refractivity contribution is 0.141. The second-order valence-electron chi connectivity index (χ2n) is 5.16. The Morgan fingerprint density at radius 2 is 2.00 bits per heavy atom. The van der Waals surface area contributed by atoms with Gasteiger partial charge in [-0.3, -0.25) is 0 Å². The first kappa shape index (κ1) is 15.1. The molecule has 0 saturated carbocycles. The van der Waals surface area contributed by atoms with Crippen LogP contribution in [0.1, 0.15) is 17.5 Å². The van der Waals surface area contributed by atoms with Crippen molar-refractivity contribution in [2.24, 2.45) is 0 Å². The van der Waals surface area contributed by atoms with Crippen LogP contribution < -0.4 is 4.74 Å². The zero-order chi connectivity index (χ0) is 14.7. The quantitative estimate of drug-likeness (QED) is 0.675. The molecule has 0 N–H and O–H groups in total. The van der Waals surface area contributed by atoms with E-state index in [0.717, 1.165) is 35.8 Å². The third-order valence-electron chi connectivity index (χ3n) is 3.52. The summed E-state index contributed by atoms with van der Waals surface area (Å²) < 4.78 is 12.4. The average Bonchev–Trinajstić information content (AvgIpc) is 2.98. The van der Waals surface area contributed by atoms with Gasteiger partial charge in [0.25, 0.3) is 0 Å². The van der Waals surface area contributed by atoms with Gasteiger partial charge in [-0.05, 0) is 70.5 Å². The van der Waals surface area contributed by atoms with Crippen LogP contribution in [-0.2, 0) is 11.2 Å². The summed E-state index contributed by atoms with van der Waals surface area (Å²) in [7, 11) is 0. The van der Waals surface area contributed by atoms with Crippen molar-refractivity contribution in [2.45, 2.75) is 18.9 Å². The van der Waals surface area contributed by atoms with Gasteiger partial charge in [0.1, 0.15) is 11.9 Å². The minimum Gasteiger partial charge on any atom is -0.488 e. The van der Waals surface area contributed by atoms with Crippen molar-refractivity contribution in [3.8, 4) is 5.75 Å². The first-order valence-corrected chi connectivity index (χ1v) is 8.43. The van der Waals surface area contributed by atoms with Crippen LogP contribution in [0.25, 0.3) is 0 Å². The van der Waals surface area contributed by atoms with Crippen LogP contribution >= 0.6 is 34.2 Å². The third-order valence-corrected chi connectivity index (χ3v) is 4.56. The van der Waals surface area contributed by atoms with Crippen molar-refractivity contribution in [2.75, 3.05) is 13.2 Å². The van der Waals surface area contributed by atoms with Gasteiger partial charge in [-0.1, -0.05) is 23.7 Å². The third kappa shape index (κ3) is 4.11. The van der Waals surface area contributed by atoms with Crippen molar-refractivity contribution in [1.82, 2.24) is 0 Å². The van der Waals surface area contributed by atoms with Gasteiger partial charge in [0.05, 0.1) is 13.2 Å². The van der Waals surface area contributed by atoms with Gasteiger partial charge < -0.3 is 9.47 Å². The van der Waals surface area contributed by atoms with Crippen molar-refractivity contribution < 1.29 is 9.47 Å². The Morgan fingerprint density at radius 1 is 1.19 bits per heavy atom. The Balaban J connectivity index is 1.67. The molecule has 0 aliphatic carbocycles. The highest BCUT2D eigenvalue weighted by Crippen LogP contribution is 2.23. The van der Waals surface area contributed by atoms with Crippen LogP contribution in [0.2, 0.25) is 5.02 Å². The van der Waals surface area contributed by atoms with Crippen molar-refractivity contribution in [3.05, 3.63) is 62.2 Å². The minimum absolute atomic E-state index is 0.195. The molecule has 21 heavy (non-hydrogen) atoms. The molecule has 1 aliphatic rings. The molecule has 0 aromatic heterocycles. The summed E-state index contributed by atoms with van der Waals surface area (Å²) in [4.78, 5) is 0. The molecule has 2 nitrogen and oxygen atoms in total. The summed E-state index contributed by atoms with van der Waals surface area (Å²) in [5.74, 6) is 0.906. The SMILES string of the molecule is Clc1ccc(I)cc1Cc1ccc(O[C@@H]2CCOC2)cc1. The van der Waals surface area contributed by atoms with Crippen molar-refractivity contribution in [1.29, 1.82) is 0 Å². The number of hydrogen-bond acceptors (Lipinski definition) is 2. The average molecular weight is 415 g/mol. The van der Waals surface area contributed by atoms with Gasteiger partial charge in [-0.2, -0.15) is 0 Å². The summed E-state index contributed by atoms with van der Waals surface area (Å²) in [5.41, 5.74) is 2.38. The second kappa shape index (κ2) is 6.99. The fourth-order valence-electron chi connectivity index (χ4n) is 2.38. The Labute approximate surface area is 143 Å². The van der Waals surface area contributed by atoms with Crippen molar-refractivity contribution in [3.63, 3.8) is 0 Å². The smallest absolute Gasteiger partial charge is 0.124 e. The molecule has 110 valence electrons. The minimum atomic E-state index is 0.195. The molecule has 1 atom stereocenters. The lowest BCUT2D eigenvalue weighted by Gasteiger charge is -2.12. The molecule has 0 spiro atoms. The normalized spacial score (nSPS) is 17.9. The largest absolute Gasteiger partial charge is 0.488 e. The highest BCUT2D eigenvalue weighted by molar-refractivity contribution is 14.1. The van der Waals surface area contributed by atoms with Gasteiger partial charge in [0.2, 0.25) is 0 Å². The Kier molecular flexibility index (Phi) is 5.03. The topological polar surface area (TPSA) is 18.5 Å². The van der Waals surface area contributed by atoms with Gasteiger partial charge in [0, 0.05) is 15.0 Å². The molecule has 1 saturated heterocycles. The molecule has 0 radical (unpaired) electrons. The molecule has 3 rings (SSSR count). The summed E-state index contributed by atoms with van der Waals surface area (Å²) in [6.45, 7) is 1.49. The van der Waals surface area contributed by atoms with E-state index in [2.05, 4.69) is 40.8 Å². The van der Waals surface area contributed by atoms with E-state index in [0.29, 0.717) is 6.61 Å². The highest BCUT2D eigenvalue weighted by Gasteiger charge is 2.16. The number of ether oxygens (including phenoxy) is 2. The highest BCUT2D eigenvalue weighted by atomic mass is 127. The predicted octanol–water partition coefficient (Wildman–Crippen LogP) is 4.70. The molecule has 4 heteroatoms. The maximum atomic E-state index is 6.25. The first-order valence-electron chi connectivity index (χ1n) is 6.98. The first-order chi connectivity index (χ1) is 10.2. The molecule has 1 aliphatic heterocycles. The van der Waals surface area contributed by atoms with Crippen LogP contribution in [0, 0.1) is 3.57 Å². The molecule has 0 bridgehead atoms. The monoisotopic (exact) mass is 414 g/mol. The number of halogens is 2. The van der Waals surface area contributed by atoms with Gasteiger partial charge >= 0.3 is 0 Å². The van der Waals surface area contributed by atoms with Crippen LogP contribution in [-0.4, -0.2) is 19.3 Å². The molecule has 1 heterocycles. The van der Waals surface area contributed by atoms with E-state index in [9.17, 15) is 0 Å². The molecule has 2 aromatic rings. The summed E-state index contributed by atoms with van der Waals surface area (Å²) >= 11 is 8.56. The Hall–Kier alpha value is -0.780. The van der Waals surface area contributed by atoms with E-state index >= 15 is 0 Å². The zero-order valence-electron chi connectivity index (χ0n) is 11.5. The maximum Gasteiger partial charge on any atom is 0.124 e. The number of rotatable bonds is 4. The van der Waals surface area contributed by atoms with Crippen molar-refractivity contribution >= 4 is 34.2 Å². The van der Waals surface area contributed by atoms with Crippen LogP contribution in [0.5, 0.6) is 5.75 Å². The molecule has 1 fully saturated rings. The van der Waals surface area contributed by atoms with E-state index in [1.54, 1.807) is 0 Å². The molecular weight excluding hydrogens is 399 g/mol. The van der Waals surface area contributed by atoms with Gasteiger partial charge in [0.15, 0.2) is 0 Å². The summed E-state index contributed by atoms with van der Waals surface area (Å²) in [6.07, 6.45) is 2.00. The zero-order valence-corrected chi connectivity index (χ0v) is 14.4. The molecular formula is C17H16ClIO2. The molecule has 0 unspecified atom stereocenters. The van der Waals surface area contributed by atoms with E-state index in [4.69, 9.17) is 21.1 Å². The van der Waals surface area contributed by atoms with Crippen LogP contribution in [0.3, 0.4) is 0 Å².